The van der Waals surface area contributed by atoms with E-state index < -0.39 is 64.8 Å². The minimum absolute atomic E-state index is 0.0278. The molecule has 2 saturated heterocycles. The van der Waals surface area contributed by atoms with Gasteiger partial charge in [0.2, 0.25) is 0 Å². The fraction of sp³-hybridized carbons (Fsp3) is 0.449. The molecule has 2 amide bonds. The molecule has 5 aromatic rings. The summed E-state index contributed by atoms with van der Waals surface area (Å²) >= 11 is 7.50. The second-order valence-electron chi connectivity index (χ2n) is 25.0. The number of nitrogens with zero attached hydrogens (tertiary/aromatic N) is 4. The van der Waals surface area contributed by atoms with Gasteiger partial charge in [-0.05, 0) is 172 Å². The maximum Gasteiger partial charge on any atom is 0.501 e. The maximum absolute atomic E-state index is 15.8. The maximum atomic E-state index is 15.8. The highest BCUT2D eigenvalue weighted by atomic mass is 35.5. The van der Waals surface area contributed by atoms with Gasteiger partial charge in [0.05, 0.1) is 29.8 Å². The average Bonchev–Trinajstić information content (AvgIpc) is 0.770. The third-order valence-corrected chi connectivity index (χ3v) is 22.0. The molecule has 2 aliphatic carbocycles. The van der Waals surface area contributed by atoms with Gasteiger partial charge in [0.15, 0.2) is 0 Å². The van der Waals surface area contributed by atoms with E-state index in [1.165, 1.54) is 40.6 Å². The Kier molecular flexibility index (Phi) is 22.5. The van der Waals surface area contributed by atoms with Crippen LogP contribution in [0.25, 0.3) is 5.57 Å². The van der Waals surface area contributed by atoms with Gasteiger partial charge in [0, 0.05) is 90.8 Å². The standard InChI is InChI=1S/C69H83ClF3N5O9S3/c1-7-8-10-13-49-41-62(79)65(60-40-48(4)16-26-58(60)47(2)3)63(42-49)87-67(81)78(55(29-31-75-36-38-86-39-37-75)46-88-56-14-11-9-12-15-56)61-43-57(25-27-64(61)89(82,83)69(71,72)73)90(84,85)74-66(80)51-19-23-54(24-20-51)77-34-32-76(33-35-77)45-52-44-68(5,6)30-28-59(52)50-17-21-53(70)22-18-50/h9,11-12,14-15,17-25,27,40-43,55,58,60,79H,2,7-8,10,13,16,26,28-39,44-46H2,1,3-6H3,(H,74,80)/t55-,58-,60?/m1/s1. The molecule has 9 rings (SSSR count). The van der Waals surface area contributed by atoms with Crippen molar-refractivity contribution in [2.45, 2.75) is 131 Å². The van der Waals surface area contributed by atoms with Crippen LogP contribution < -0.4 is 19.3 Å². The Balaban J connectivity index is 1.05. The molecular formula is C69H83ClF3N5O9S3. The Hall–Kier alpha value is -6.13. The lowest BCUT2D eigenvalue weighted by Gasteiger charge is -2.39. The van der Waals surface area contributed by atoms with E-state index in [0.717, 1.165) is 86.3 Å². The van der Waals surface area contributed by atoms with Gasteiger partial charge in [-0.15, -0.1) is 11.8 Å². The second kappa shape index (κ2) is 29.7. The van der Waals surface area contributed by atoms with Crippen molar-refractivity contribution in [2.24, 2.45) is 11.3 Å². The number of carbonyl (C=O) groups excluding carboxylic acids is 2. The molecule has 0 bridgehead atoms. The number of amides is 2. The second-order valence-corrected chi connectivity index (χ2v) is 30.1. The highest BCUT2D eigenvalue weighted by molar-refractivity contribution is 7.99. The Morgan fingerprint density at radius 2 is 1.60 bits per heavy atom. The number of allylic oxidation sites excluding steroid dienone is 4. The van der Waals surface area contributed by atoms with E-state index in [0.29, 0.717) is 85.9 Å². The highest BCUT2D eigenvalue weighted by Crippen LogP contribution is 2.49. The zero-order valence-corrected chi connectivity index (χ0v) is 55.2. The monoisotopic (exact) mass is 1310 g/mol. The summed E-state index contributed by atoms with van der Waals surface area (Å²) < 4.78 is 117. The number of halogens is 4. The normalized spacial score (nSPS) is 19.0. The van der Waals surface area contributed by atoms with Crippen LogP contribution in [0.4, 0.5) is 29.3 Å². The molecule has 0 radical (unpaired) electrons. The van der Waals surface area contributed by atoms with Crippen LogP contribution in [-0.4, -0.2) is 127 Å². The summed E-state index contributed by atoms with van der Waals surface area (Å²) in [6, 6.07) is 27.4. The number of anilines is 2. The summed E-state index contributed by atoms with van der Waals surface area (Å²) in [6.07, 6.45) is 8.08. The van der Waals surface area contributed by atoms with Gasteiger partial charge < -0.3 is 19.5 Å². The molecule has 0 spiro atoms. The molecule has 2 fully saturated rings. The van der Waals surface area contributed by atoms with Crippen LogP contribution in [-0.2, 0) is 31.0 Å². The SMILES string of the molecule is C=C(C)[C@H]1CCC(C)=CC1c1c(O)cc(CCCCC)cc1OC(=O)N(c1cc(S(=O)(=O)NC(=O)c2ccc(N3CCN(CC4=C(c5ccc(Cl)cc5)CCC(C)(C)C4)CC3)cc2)ccc1S(=O)(=O)C(F)(F)F)[C@H](CCN1CCOCC1)CSc1ccccc1. The van der Waals surface area contributed by atoms with Crippen LogP contribution >= 0.6 is 23.4 Å². The van der Waals surface area contributed by atoms with E-state index in [4.69, 9.17) is 21.1 Å². The van der Waals surface area contributed by atoms with Crippen molar-refractivity contribution in [3.05, 3.63) is 166 Å². The van der Waals surface area contributed by atoms with Gasteiger partial charge in [0.25, 0.3) is 25.8 Å². The number of hydrogen-bond acceptors (Lipinski definition) is 13. The Morgan fingerprint density at radius 1 is 0.900 bits per heavy atom. The molecule has 5 aromatic carbocycles. The number of rotatable bonds is 23. The van der Waals surface area contributed by atoms with Crippen molar-refractivity contribution < 1.29 is 54.2 Å². The number of morpholine rings is 1. The van der Waals surface area contributed by atoms with Crippen LogP contribution in [0.1, 0.15) is 125 Å². The predicted molar refractivity (Wildman–Crippen MR) is 352 cm³/mol. The van der Waals surface area contributed by atoms with Crippen molar-refractivity contribution in [1.29, 1.82) is 0 Å². The lowest BCUT2D eigenvalue weighted by molar-refractivity contribution is -0.0436. The van der Waals surface area contributed by atoms with Crippen LogP contribution in [0.15, 0.2) is 153 Å². The molecule has 1 unspecified atom stereocenters. The first-order chi connectivity index (χ1) is 42.8. The third kappa shape index (κ3) is 16.9. The molecule has 2 aliphatic heterocycles. The quantitative estimate of drug-likeness (QED) is 0.0361. The number of carbonyl (C=O) groups is 2. The van der Waals surface area contributed by atoms with Gasteiger partial charge in [-0.2, -0.15) is 13.2 Å². The summed E-state index contributed by atoms with van der Waals surface area (Å²) in [4.78, 5) is 35.9. The van der Waals surface area contributed by atoms with Crippen LogP contribution in [0.2, 0.25) is 5.02 Å². The first-order valence-corrected chi connectivity index (χ1v) is 35.4. The molecule has 0 aromatic heterocycles. The number of thioether (sulfide) groups is 1. The molecule has 2 N–H and O–H groups in total. The number of aromatic hydroxyl groups is 1. The molecule has 21 heteroatoms. The number of alkyl halides is 3. The minimum atomic E-state index is -6.37. The lowest BCUT2D eigenvalue weighted by atomic mass is 9.73. The summed E-state index contributed by atoms with van der Waals surface area (Å²) in [5.41, 5.74) is 0.727. The number of ether oxygens (including phenoxy) is 2. The van der Waals surface area contributed by atoms with E-state index in [-0.39, 0.29) is 52.7 Å². The average molecular weight is 1320 g/mol. The minimum Gasteiger partial charge on any atom is -0.507 e. The first kappa shape index (κ1) is 68.2. The Bertz CT molecular complexity index is 3670. The highest BCUT2D eigenvalue weighted by Gasteiger charge is 2.50. The van der Waals surface area contributed by atoms with E-state index in [2.05, 4.69) is 47.1 Å². The number of aryl methyl sites for hydroxylation is 1. The van der Waals surface area contributed by atoms with Crippen molar-refractivity contribution in [1.82, 2.24) is 14.5 Å². The number of phenolic OH excluding ortho intramolecular Hbond substituents is 1. The van der Waals surface area contributed by atoms with Gasteiger partial charge >= 0.3 is 11.6 Å². The fourth-order valence-corrected chi connectivity index (χ4v) is 15.8. The van der Waals surface area contributed by atoms with Gasteiger partial charge in [-0.1, -0.05) is 105 Å². The number of piperazine rings is 1. The summed E-state index contributed by atoms with van der Waals surface area (Å²) in [6.45, 7) is 20.6. The molecule has 3 atom stereocenters. The summed E-state index contributed by atoms with van der Waals surface area (Å²) in [5.74, 6) is -2.18. The first-order valence-electron chi connectivity index (χ1n) is 31.0. The summed E-state index contributed by atoms with van der Waals surface area (Å²) in [5, 5.41) is 12.8. The van der Waals surface area contributed by atoms with Crippen molar-refractivity contribution >= 4 is 72.2 Å². The molecule has 4 aliphatic rings. The zero-order chi connectivity index (χ0) is 64.5. The number of phenols is 1. The molecule has 2 heterocycles. The third-order valence-electron chi connectivity index (χ3n) is 17.8. The number of benzene rings is 5. The number of unbranched alkanes of at least 4 members (excludes halogenated alkanes) is 2. The molecule has 0 saturated carbocycles. The lowest BCUT2D eigenvalue weighted by Crippen LogP contribution is -2.47. The van der Waals surface area contributed by atoms with E-state index in [1.54, 1.807) is 42.5 Å². The zero-order valence-electron chi connectivity index (χ0n) is 52.0. The Labute approximate surface area is 538 Å². The van der Waals surface area contributed by atoms with Crippen LogP contribution in [0.3, 0.4) is 0 Å². The van der Waals surface area contributed by atoms with Crippen molar-refractivity contribution in [2.75, 3.05) is 81.1 Å². The summed E-state index contributed by atoms with van der Waals surface area (Å²) in [7, 11) is -11.4. The van der Waals surface area contributed by atoms with E-state index in [1.807, 2.05) is 56.0 Å². The van der Waals surface area contributed by atoms with Crippen molar-refractivity contribution in [3.8, 4) is 11.5 Å². The predicted octanol–water partition coefficient (Wildman–Crippen LogP) is 14.9. The number of nitrogens with one attached hydrogen (secondary N) is 1. The fourth-order valence-electron chi connectivity index (χ4n) is 12.7. The topological polar surface area (TPSA) is 166 Å². The van der Waals surface area contributed by atoms with E-state index >= 15 is 18.0 Å². The van der Waals surface area contributed by atoms with E-state index in [9.17, 15) is 26.7 Å². The van der Waals surface area contributed by atoms with Crippen LogP contribution in [0, 0.1) is 11.3 Å². The number of hydrogen-bond donors (Lipinski definition) is 2. The largest absolute Gasteiger partial charge is 0.507 e. The molecular weight excluding hydrogens is 1230 g/mol. The van der Waals surface area contributed by atoms with Gasteiger partial charge in [0.1, 0.15) is 16.4 Å². The molecule has 14 nitrogen and oxygen atoms in total. The van der Waals surface area contributed by atoms with Crippen LogP contribution in [0.5, 0.6) is 11.5 Å². The number of sulfone groups is 1. The van der Waals surface area contributed by atoms with Crippen molar-refractivity contribution in [3.63, 3.8) is 0 Å². The smallest absolute Gasteiger partial charge is 0.501 e. The Morgan fingerprint density at radius 3 is 2.27 bits per heavy atom. The molecule has 484 valence electrons. The van der Waals surface area contributed by atoms with Gasteiger partial charge in [-0.3, -0.25) is 19.5 Å². The van der Waals surface area contributed by atoms with Gasteiger partial charge in [-0.25, -0.2) is 26.4 Å². The molecule has 90 heavy (non-hydrogen) atoms. The number of sulfonamides is 1.